The van der Waals surface area contributed by atoms with Crippen LogP contribution in [0.4, 0.5) is 0 Å². The van der Waals surface area contributed by atoms with Crippen molar-refractivity contribution in [1.29, 1.82) is 0 Å². The molecule has 0 aliphatic rings. The molecule has 98 valence electrons. The largest absolute Gasteiger partial charge is 0.498 e. The van der Waals surface area contributed by atoms with Crippen LogP contribution in [0.25, 0.3) is 0 Å². The molecule has 0 bridgehead atoms. The van der Waals surface area contributed by atoms with Gasteiger partial charge in [0, 0.05) is 6.42 Å². The highest BCUT2D eigenvalue weighted by molar-refractivity contribution is 5.13. The van der Waals surface area contributed by atoms with E-state index in [1.807, 2.05) is 19.9 Å². The average molecular weight is 238 g/mol. The van der Waals surface area contributed by atoms with Crippen molar-refractivity contribution < 1.29 is 9.47 Å². The van der Waals surface area contributed by atoms with Crippen LogP contribution in [0.1, 0.15) is 46.0 Å². The smallest absolute Gasteiger partial charge is 0.133 e. The Labute approximate surface area is 106 Å². The summed E-state index contributed by atoms with van der Waals surface area (Å²) in [6, 6.07) is 0. The SMILES string of the molecule is C=C(/C=C/C)CCCCC/C(OC)=C(\C)OC. The number of unbranched alkanes of at least 4 members (excludes halogenated alkanes) is 2. The number of methoxy groups -OCH3 is 2. The molecule has 2 nitrogen and oxygen atoms in total. The Bertz CT molecular complexity index is 275. The standard InChI is InChI=1S/C15H26O2/c1-6-10-13(2)11-8-7-9-12-15(17-5)14(3)16-4/h6,10H,2,7-9,11-12H2,1,3-5H3/b10-6+,15-14-. The van der Waals surface area contributed by atoms with Gasteiger partial charge in [0.05, 0.1) is 14.2 Å². The molecule has 2 heteroatoms. The Morgan fingerprint density at radius 2 is 1.71 bits per heavy atom. The number of hydrogen-bond donors (Lipinski definition) is 0. The molecule has 0 aliphatic heterocycles. The van der Waals surface area contributed by atoms with Gasteiger partial charge in [-0.3, -0.25) is 0 Å². The summed E-state index contributed by atoms with van der Waals surface area (Å²) in [7, 11) is 3.38. The fraction of sp³-hybridized carbons (Fsp3) is 0.600. The van der Waals surface area contributed by atoms with E-state index in [2.05, 4.69) is 12.7 Å². The summed E-state index contributed by atoms with van der Waals surface area (Å²) in [6.07, 6.45) is 9.66. The Morgan fingerprint density at radius 3 is 2.24 bits per heavy atom. The van der Waals surface area contributed by atoms with Crippen LogP contribution < -0.4 is 0 Å². The van der Waals surface area contributed by atoms with Gasteiger partial charge >= 0.3 is 0 Å². The zero-order chi connectivity index (χ0) is 13.1. The molecule has 17 heavy (non-hydrogen) atoms. The van der Waals surface area contributed by atoms with Gasteiger partial charge in [0.25, 0.3) is 0 Å². The average Bonchev–Trinajstić information content (AvgIpc) is 2.33. The summed E-state index contributed by atoms with van der Waals surface area (Å²) in [5.74, 6) is 1.84. The third-order valence-corrected chi connectivity index (χ3v) is 2.75. The minimum absolute atomic E-state index is 0.880. The van der Waals surface area contributed by atoms with Crippen molar-refractivity contribution in [3.63, 3.8) is 0 Å². The number of allylic oxidation sites excluding steroid dienone is 5. The van der Waals surface area contributed by atoms with E-state index < -0.39 is 0 Å². The summed E-state index contributed by atoms with van der Waals surface area (Å²) in [4.78, 5) is 0. The molecule has 0 heterocycles. The molecule has 0 spiro atoms. The van der Waals surface area contributed by atoms with Crippen molar-refractivity contribution in [2.45, 2.75) is 46.0 Å². The fourth-order valence-corrected chi connectivity index (χ4v) is 1.67. The Kier molecular flexibility index (Phi) is 9.31. The van der Waals surface area contributed by atoms with Crippen LogP contribution >= 0.6 is 0 Å². The third kappa shape index (κ3) is 7.67. The highest BCUT2D eigenvalue weighted by Crippen LogP contribution is 2.16. The monoisotopic (exact) mass is 238 g/mol. The van der Waals surface area contributed by atoms with Crippen molar-refractivity contribution in [2.75, 3.05) is 14.2 Å². The van der Waals surface area contributed by atoms with Crippen LogP contribution in [0, 0.1) is 0 Å². The summed E-state index contributed by atoms with van der Waals surface area (Å²) >= 11 is 0. The van der Waals surface area contributed by atoms with Crippen molar-refractivity contribution in [3.8, 4) is 0 Å². The van der Waals surface area contributed by atoms with E-state index in [9.17, 15) is 0 Å². The summed E-state index contributed by atoms with van der Waals surface area (Å²) < 4.78 is 10.5. The first kappa shape index (κ1) is 15.8. The maximum Gasteiger partial charge on any atom is 0.133 e. The van der Waals surface area contributed by atoms with Crippen LogP contribution in [0.2, 0.25) is 0 Å². The van der Waals surface area contributed by atoms with E-state index in [1.165, 1.54) is 18.4 Å². The van der Waals surface area contributed by atoms with Gasteiger partial charge in [-0.25, -0.2) is 0 Å². The van der Waals surface area contributed by atoms with Gasteiger partial charge in [0.1, 0.15) is 11.5 Å². The van der Waals surface area contributed by atoms with E-state index in [0.717, 1.165) is 30.8 Å². The van der Waals surface area contributed by atoms with E-state index >= 15 is 0 Å². The maximum absolute atomic E-state index is 5.30. The fourth-order valence-electron chi connectivity index (χ4n) is 1.67. The first-order valence-electron chi connectivity index (χ1n) is 6.23. The predicted molar refractivity (Wildman–Crippen MR) is 73.8 cm³/mol. The van der Waals surface area contributed by atoms with Crippen molar-refractivity contribution in [2.24, 2.45) is 0 Å². The summed E-state index contributed by atoms with van der Waals surface area (Å²) in [5.41, 5.74) is 1.21. The first-order valence-corrected chi connectivity index (χ1v) is 6.23. The molecule has 0 aliphatic carbocycles. The van der Waals surface area contributed by atoms with E-state index in [1.54, 1.807) is 14.2 Å². The lowest BCUT2D eigenvalue weighted by molar-refractivity contribution is 0.211. The molecular formula is C15H26O2. The number of ether oxygens (including phenoxy) is 2. The topological polar surface area (TPSA) is 18.5 Å². The molecule has 0 rings (SSSR count). The predicted octanol–water partition coefficient (Wildman–Crippen LogP) is 4.59. The Balaban J connectivity index is 3.74. The molecule has 0 aromatic heterocycles. The van der Waals surface area contributed by atoms with E-state index in [4.69, 9.17) is 9.47 Å². The van der Waals surface area contributed by atoms with Gasteiger partial charge in [0.2, 0.25) is 0 Å². The molecule has 0 fully saturated rings. The molecule has 0 saturated heterocycles. The van der Waals surface area contributed by atoms with Gasteiger partial charge in [-0.15, -0.1) is 0 Å². The lowest BCUT2D eigenvalue weighted by Crippen LogP contribution is -1.94. The molecular weight excluding hydrogens is 212 g/mol. The first-order chi connectivity index (χ1) is 8.15. The quantitative estimate of drug-likeness (QED) is 0.332. The van der Waals surface area contributed by atoms with Crippen LogP contribution in [0.15, 0.2) is 35.8 Å². The van der Waals surface area contributed by atoms with Crippen molar-refractivity contribution >= 4 is 0 Å². The second kappa shape index (κ2) is 10.0. The molecule has 0 N–H and O–H groups in total. The third-order valence-electron chi connectivity index (χ3n) is 2.75. The van der Waals surface area contributed by atoms with Gasteiger partial charge in [-0.1, -0.05) is 30.7 Å². The zero-order valence-corrected chi connectivity index (χ0v) is 11.7. The maximum atomic E-state index is 5.30. The lowest BCUT2D eigenvalue weighted by Gasteiger charge is -2.09. The van der Waals surface area contributed by atoms with Crippen molar-refractivity contribution in [1.82, 2.24) is 0 Å². The molecule has 0 atom stereocenters. The minimum atomic E-state index is 0.880. The second-order valence-corrected chi connectivity index (χ2v) is 4.11. The van der Waals surface area contributed by atoms with E-state index in [-0.39, 0.29) is 0 Å². The van der Waals surface area contributed by atoms with Crippen LogP contribution in [0.3, 0.4) is 0 Å². The highest BCUT2D eigenvalue weighted by Gasteiger charge is 2.02. The Hall–Kier alpha value is -1.18. The number of rotatable bonds is 9. The van der Waals surface area contributed by atoms with Crippen LogP contribution in [-0.2, 0) is 9.47 Å². The second-order valence-electron chi connectivity index (χ2n) is 4.11. The molecule has 0 aromatic rings. The Morgan fingerprint density at radius 1 is 1.06 bits per heavy atom. The zero-order valence-electron chi connectivity index (χ0n) is 11.7. The van der Waals surface area contributed by atoms with Crippen molar-refractivity contribution in [3.05, 3.63) is 35.8 Å². The molecule has 0 unspecified atom stereocenters. The minimum Gasteiger partial charge on any atom is -0.498 e. The molecule has 0 aromatic carbocycles. The van der Waals surface area contributed by atoms with Crippen LogP contribution in [-0.4, -0.2) is 14.2 Å². The summed E-state index contributed by atoms with van der Waals surface area (Å²) in [6.45, 7) is 7.95. The normalized spacial score (nSPS) is 12.5. The molecule has 0 amide bonds. The van der Waals surface area contributed by atoms with Gasteiger partial charge in [-0.2, -0.15) is 0 Å². The van der Waals surface area contributed by atoms with E-state index in [0.29, 0.717) is 0 Å². The van der Waals surface area contributed by atoms with Gasteiger partial charge in [0.15, 0.2) is 0 Å². The number of hydrogen-bond acceptors (Lipinski definition) is 2. The molecule has 0 radical (unpaired) electrons. The highest BCUT2D eigenvalue weighted by atomic mass is 16.5. The molecule has 0 saturated carbocycles. The van der Waals surface area contributed by atoms with Gasteiger partial charge < -0.3 is 9.47 Å². The lowest BCUT2D eigenvalue weighted by atomic mass is 10.1. The van der Waals surface area contributed by atoms with Crippen LogP contribution in [0.5, 0.6) is 0 Å². The summed E-state index contributed by atoms with van der Waals surface area (Å²) in [5, 5.41) is 0. The van der Waals surface area contributed by atoms with Gasteiger partial charge in [-0.05, 0) is 33.1 Å².